The summed E-state index contributed by atoms with van der Waals surface area (Å²) in [5.41, 5.74) is 1.40. The van der Waals surface area contributed by atoms with E-state index in [9.17, 15) is 0 Å². The van der Waals surface area contributed by atoms with E-state index in [1.807, 2.05) is 6.20 Å². The van der Waals surface area contributed by atoms with Crippen LogP contribution in [0.25, 0.3) is 0 Å². The Morgan fingerprint density at radius 3 is 1.70 bits per heavy atom. The van der Waals surface area contributed by atoms with Gasteiger partial charge in [0.25, 0.3) is 0 Å². The lowest BCUT2D eigenvalue weighted by atomic mass is 9.89. The van der Waals surface area contributed by atoms with Gasteiger partial charge in [-0.3, -0.25) is 4.98 Å². The standard InChI is InChI=1S/C24H50N2Si4/c1-27(2,3)23(28(4,5)6)21-17-16-20(19-26-21)24(29(7,8)9,30(10,11)12)22-15-13-14-18-25-22/h13-15,18,20-21,23,26H,16-17,19H2,1-12H3. The Morgan fingerprint density at radius 1 is 0.833 bits per heavy atom. The van der Waals surface area contributed by atoms with Crippen LogP contribution in [0.2, 0.25) is 83.7 Å². The van der Waals surface area contributed by atoms with Gasteiger partial charge in [0, 0.05) is 38.7 Å². The van der Waals surface area contributed by atoms with Crippen LogP contribution in [0, 0.1) is 5.92 Å². The molecule has 6 heteroatoms. The Kier molecular flexibility index (Phi) is 7.63. The third kappa shape index (κ3) is 4.97. The first-order chi connectivity index (χ1) is 13.4. The van der Waals surface area contributed by atoms with E-state index in [1.165, 1.54) is 25.1 Å². The molecule has 1 aliphatic heterocycles. The van der Waals surface area contributed by atoms with Gasteiger partial charge in [0.15, 0.2) is 0 Å². The van der Waals surface area contributed by atoms with Gasteiger partial charge in [-0.2, -0.15) is 0 Å². The first-order valence-electron chi connectivity index (χ1n) is 12.1. The van der Waals surface area contributed by atoms with Gasteiger partial charge in [0.1, 0.15) is 0 Å². The van der Waals surface area contributed by atoms with E-state index in [2.05, 4.69) is 102 Å². The first-order valence-corrected chi connectivity index (χ1v) is 26.2. The summed E-state index contributed by atoms with van der Waals surface area (Å²) in [4.78, 5) is 5.05. The highest BCUT2D eigenvalue weighted by Gasteiger charge is 2.59. The van der Waals surface area contributed by atoms with Crippen LogP contribution in [0.1, 0.15) is 18.5 Å². The van der Waals surface area contributed by atoms with Crippen molar-refractivity contribution in [1.29, 1.82) is 0 Å². The van der Waals surface area contributed by atoms with Crippen molar-refractivity contribution in [3.8, 4) is 0 Å². The molecule has 0 aromatic carbocycles. The van der Waals surface area contributed by atoms with Crippen molar-refractivity contribution < 1.29 is 0 Å². The molecule has 0 aliphatic carbocycles. The van der Waals surface area contributed by atoms with Gasteiger partial charge in [-0.1, -0.05) is 84.6 Å². The van der Waals surface area contributed by atoms with Gasteiger partial charge in [0.05, 0.1) is 16.1 Å². The maximum atomic E-state index is 5.05. The third-order valence-electron chi connectivity index (χ3n) is 7.77. The summed E-state index contributed by atoms with van der Waals surface area (Å²) in [7, 11) is -5.51. The Morgan fingerprint density at radius 2 is 1.37 bits per heavy atom. The van der Waals surface area contributed by atoms with Crippen molar-refractivity contribution in [2.24, 2.45) is 5.92 Å². The number of hydrogen-bond acceptors (Lipinski definition) is 2. The number of nitrogens with zero attached hydrogens (tertiary/aromatic N) is 1. The van der Waals surface area contributed by atoms with E-state index in [-0.39, 0.29) is 0 Å². The molecule has 30 heavy (non-hydrogen) atoms. The van der Waals surface area contributed by atoms with E-state index < -0.39 is 32.3 Å². The maximum Gasteiger partial charge on any atom is 0.0551 e. The highest BCUT2D eigenvalue weighted by atomic mass is 28.4. The summed E-state index contributed by atoms with van der Waals surface area (Å²) < 4.78 is 0.299. The number of nitrogens with one attached hydrogen (secondary N) is 1. The van der Waals surface area contributed by atoms with Crippen LogP contribution >= 0.6 is 0 Å². The van der Waals surface area contributed by atoms with Crippen LogP contribution in [0.3, 0.4) is 0 Å². The molecule has 1 aliphatic rings. The number of piperidine rings is 1. The van der Waals surface area contributed by atoms with Crippen molar-refractivity contribution in [3.05, 3.63) is 30.1 Å². The SMILES string of the molecule is C[Si](C)(C)C(C1CCC(C(c2ccccn2)([Si](C)(C)C)[Si](C)(C)C)CN1)[Si](C)(C)C. The van der Waals surface area contributed by atoms with Gasteiger partial charge in [-0.15, -0.1) is 0 Å². The molecule has 2 unspecified atom stereocenters. The maximum absolute atomic E-state index is 5.05. The average Bonchev–Trinajstić information content (AvgIpc) is 2.52. The van der Waals surface area contributed by atoms with E-state index in [0.29, 0.717) is 10.6 Å². The van der Waals surface area contributed by atoms with E-state index in [0.717, 1.165) is 11.2 Å². The highest BCUT2D eigenvalue weighted by molar-refractivity contribution is 6.98. The second-order valence-corrected chi connectivity index (χ2v) is 36.4. The summed E-state index contributed by atoms with van der Waals surface area (Å²) in [6.07, 6.45) is 4.76. The van der Waals surface area contributed by atoms with Crippen LogP contribution in [0.5, 0.6) is 0 Å². The van der Waals surface area contributed by atoms with E-state index in [4.69, 9.17) is 4.98 Å². The van der Waals surface area contributed by atoms with Crippen LogP contribution in [0.4, 0.5) is 0 Å². The van der Waals surface area contributed by atoms with Crippen molar-refractivity contribution in [2.75, 3.05) is 6.54 Å². The fraction of sp³-hybridized carbons (Fsp3) is 0.792. The van der Waals surface area contributed by atoms with Crippen molar-refractivity contribution in [1.82, 2.24) is 10.3 Å². The summed E-state index contributed by atoms with van der Waals surface area (Å²) in [6.45, 7) is 32.5. The van der Waals surface area contributed by atoms with Gasteiger partial charge < -0.3 is 5.32 Å². The van der Waals surface area contributed by atoms with Gasteiger partial charge in [0.2, 0.25) is 0 Å². The topological polar surface area (TPSA) is 24.9 Å². The molecule has 0 amide bonds. The predicted molar refractivity (Wildman–Crippen MR) is 148 cm³/mol. The molecule has 0 saturated carbocycles. The minimum absolute atomic E-state index is 0.299. The Hall–Kier alpha value is -0.0225. The molecule has 172 valence electrons. The Labute approximate surface area is 192 Å². The molecule has 2 heterocycles. The average molecular weight is 479 g/mol. The van der Waals surface area contributed by atoms with Gasteiger partial charge >= 0.3 is 0 Å². The second-order valence-electron chi connectivity index (χ2n) is 14.0. The monoisotopic (exact) mass is 478 g/mol. The third-order valence-corrected chi connectivity index (χ3v) is 28.1. The van der Waals surface area contributed by atoms with E-state index >= 15 is 0 Å². The van der Waals surface area contributed by atoms with Crippen LogP contribution in [-0.2, 0) is 4.66 Å². The van der Waals surface area contributed by atoms with Crippen LogP contribution in [0.15, 0.2) is 24.4 Å². The lowest BCUT2D eigenvalue weighted by molar-refractivity contribution is 0.278. The van der Waals surface area contributed by atoms with Crippen molar-refractivity contribution >= 4 is 32.3 Å². The number of pyridine rings is 1. The van der Waals surface area contributed by atoms with Gasteiger partial charge in [-0.25, -0.2) is 0 Å². The minimum Gasteiger partial charge on any atom is -0.314 e. The fourth-order valence-corrected chi connectivity index (χ4v) is 35.1. The molecule has 0 spiro atoms. The quantitative estimate of drug-likeness (QED) is 0.425. The molecule has 0 bridgehead atoms. The molecular weight excluding hydrogens is 429 g/mol. The second kappa shape index (κ2) is 8.73. The summed E-state index contributed by atoms with van der Waals surface area (Å²) in [5, 5.41) is 5.13. The molecule has 0 radical (unpaired) electrons. The summed E-state index contributed by atoms with van der Waals surface area (Å²) in [6, 6.07) is 7.40. The zero-order valence-corrected chi connectivity index (χ0v) is 26.1. The lowest BCUT2D eigenvalue weighted by Gasteiger charge is -2.58. The van der Waals surface area contributed by atoms with Crippen LogP contribution in [-0.4, -0.2) is 49.9 Å². The smallest absolute Gasteiger partial charge is 0.0551 e. The summed E-state index contributed by atoms with van der Waals surface area (Å²) in [5.74, 6) is 0.714. The van der Waals surface area contributed by atoms with Gasteiger partial charge in [-0.05, 0) is 42.6 Å². The fourth-order valence-electron chi connectivity index (χ4n) is 7.96. The molecule has 1 saturated heterocycles. The van der Waals surface area contributed by atoms with E-state index in [1.54, 1.807) is 0 Å². The summed E-state index contributed by atoms with van der Waals surface area (Å²) >= 11 is 0. The highest BCUT2D eigenvalue weighted by Crippen LogP contribution is 2.50. The predicted octanol–water partition coefficient (Wildman–Crippen LogP) is 7.03. The molecule has 1 N–H and O–H groups in total. The van der Waals surface area contributed by atoms with Crippen molar-refractivity contribution in [2.45, 2.75) is 107 Å². The molecule has 1 aromatic heterocycles. The van der Waals surface area contributed by atoms with Crippen LogP contribution < -0.4 is 5.32 Å². The van der Waals surface area contributed by atoms with Crippen molar-refractivity contribution in [3.63, 3.8) is 0 Å². The molecule has 2 atom stereocenters. The molecule has 2 nitrogen and oxygen atoms in total. The first kappa shape index (κ1) is 26.2. The number of aromatic nitrogens is 1. The molecular formula is C24H50N2Si4. The molecule has 1 fully saturated rings. The number of rotatable bonds is 7. The molecule has 1 aromatic rings. The molecule has 2 rings (SSSR count). The normalized spacial score (nSPS) is 22.4. The zero-order valence-electron chi connectivity index (χ0n) is 22.1. The Bertz CT molecular complexity index is 657. The lowest BCUT2D eigenvalue weighted by Crippen LogP contribution is -2.70. The Balaban J connectivity index is 2.46. The largest absolute Gasteiger partial charge is 0.314 e. The number of hydrogen-bond donors (Lipinski definition) is 1. The minimum atomic E-state index is -1.55. The zero-order chi connectivity index (χ0) is 23.2.